The molecule has 1 N–H and O–H groups in total. The first kappa shape index (κ1) is 24.2. The topological polar surface area (TPSA) is 122 Å². The molecule has 0 aromatic heterocycles. The second kappa shape index (κ2) is 9.22. The van der Waals surface area contributed by atoms with Gasteiger partial charge in [0.2, 0.25) is 5.82 Å². The molecule has 1 amide bonds. The lowest BCUT2D eigenvalue weighted by Crippen LogP contribution is -2.50. The van der Waals surface area contributed by atoms with E-state index >= 15 is 0 Å². The van der Waals surface area contributed by atoms with Gasteiger partial charge in [0.15, 0.2) is 0 Å². The lowest BCUT2D eigenvalue weighted by atomic mass is 10.2. The van der Waals surface area contributed by atoms with Crippen molar-refractivity contribution in [2.24, 2.45) is 0 Å². The summed E-state index contributed by atoms with van der Waals surface area (Å²) in [5.74, 6) is -1.12. The van der Waals surface area contributed by atoms with Crippen molar-refractivity contribution in [2.45, 2.75) is 31.3 Å². The lowest BCUT2D eigenvalue weighted by molar-refractivity contribution is -0.387. The zero-order chi connectivity index (χ0) is 24.4. The number of hydrogen-bond donors (Lipinski definition) is 1. The van der Waals surface area contributed by atoms with E-state index in [1.165, 1.54) is 0 Å². The number of nitro benzene ring substituents is 1. The number of carbonyl (C=O) groups is 1. The molecule has 0 bridgehead atoms. The molecule has 0 spiro atoms. The van der Waals surface area contributed by atoms with E-state index in [-0.39, 0.29) is 11.8 Å². The molecule has 1 heterocycles. The smallest absolute Gasteiger partial charge is 0.410 e. The number of nitrogens with zero attached hydrogens (tertiary/aromatic N) is 3. The fraction of sp³-hybridized carbons (Fsp3) is 0.381. The largest absolute Gasteiger partial charge is 0.444 e. The van der Waals surface area contributed by atoms with Crippen LogP contribution in [0.4, 0.5) is 26.2 Å². The van der Waals surface area contributed by atoms with Gasteiger partial charge in [-0.05, 0) is 57.2 Å². The van der Waals surface area contributed by atoms with E-state index in [1.807, 2.05) is 20.8 Å². The second-order valence-electron chi connectivity index (χ2n) is 8.48. The molecule has 0 unspecified atom stereocenters. The van der Waals surface area contributed by atoms with E-state index in [0.29, 0.717) is 32.2 Å². The van der Waals surface area contributed by atoms with Gasteiger partial charge in [-0.1, -0.05) is 0 Å². The predicted molar refractivity (Wildman–Crippen MR) is 120 cm³/mol. The third-order valence-electron chi connectivity index (χ3n) is 4.84. The molecule has 178 valence electrons. The summed E-state index contributed by atoms with van der Waals surface area (Å²) in [5.41, 5.74) is -0.382. The summed E-state index contributed by atoms with van der Waals surface area (Å²) in [6.07, 6.45) is -0.354. The summed E-state index contributed by atoms with van der Waals surface area (Å²) in [6, 6.07) is 8.96. The Morgan fingerprint density at radius 3 is 2.24 bits per heavy atom. The van der Waals surface area contributed by atoms with Crippen LogP contribution in [0.3, 0.4) is 0 Å². The molecule has 1 aliphatic heterocycles. The van der Waals surface area contributed by atoms with Gasteiger partial charge >= 0.3 is 11.8 Å². The van der Waals surface area contributed by atoms with Crippen molar-refractivity contribution in [3.8, 4) is 0 Å². The molecular weight excluding hydrogens is 455 g/mol. The van der Waals surface area contributed by atoms with Crippen molar-refractivity contribution in [3.05, 3.63) is 58.4 Å². The van der Waals surface area contributed by atoms with Crippen LogP contribution in [0.5, 0.6) is 0 Å². The molecule has 0 radical (unpaired) electrons. The standard InChI is InChI=1S/C21H25FN4O6S/c1-21(2,3)32-20(27)25-12-10-24(11-13-25)16-6-4-15(5-7-16)23-33(30,31)17-8-9-18(22)19(14-17)26(28)29/h4-9,14,23H,10-13H2,1-3H3. The number of amides is 1. The third-order valence-corrected chi connectivity index (χ3v) is 6.22. The van der Waals surface area contributed by atoms with Crippen molar-refractivity contribution in [3.63, 3.8) is 0 Å². The minimum atomic E-state index is -4.15. The fourth-order valence-corrected chi connectivity index (χ4v) is 4.31. The van der Waals surface area contributed by atoms with Crippen molar-refractivity contribution in [1.82, 2.24) is 4.90 Å². The Morgan fingerprint density at radius 1 is 1.09 bits per heavy atom. The number of halogens is 1. The first-order valence-corrected chi connectivity index (χ1v) is 11.6. The van der Waals surface area contributed by atoms with Gasteiger partial charge in [0.25, 0.3) is 10.0 Å². The first-order chi connectivity index (χ1) is 15.4. The number of anilines is 2. The maximum atomic E-state index is 13.5. The lowest BCUT2D eigenvalue weighted by Gasteiger charge is -2.36. The van der Waals surface area contributed by atoms with Crippen LogP contribution in [0.2, 0.25) is 0 Å². The molecule has 0 aliphatic carbocycles. The van der Waals surface area contributed by atoms with Gasteiger partial charge in [0, 0.05) is 43.6 Å². The highest BCUT2D eigenvalue weighted by Crippen LogP contribution is 2.25. The van der Waals surface area contributed by atoms with E-state index in [2.05, 4.69) is 9.62 Å². The maximum Gasteiger partial charge on any atom is 0.410 e. The molecule has 0 saturated carbocycles. The van der Waals surface area contributed by atoms with Gasteiger partial charge in [-0.15, -0.1) is 0 Å². The third kappa shape index (κ3) is 6.09. The van der Waals surface area contributed by atoms with Crippen molar-refractivity contribution >= 4 is 33.2 Å². The van der Waals surface area contributed by atoms with Crippen LogP contribution >= 0.6 is 0 Å². The molecule has 3 rings (SSSR count). The molecule has 1 fully saturated rings. The fourth-order valence-electron chi connectivity index (χ4n) is 3.23. The average Bonchev–Trinajstić information content (AvgIpc) is 2.73. The van der Waals surface area contributed by atoms with Crippen LogP contribution in [0, 0.1) is 15.9 Å². The number of benzene rings is 2. The van der Waals surface area contributed by atoms with Crippen LogP contribution in [0.1, 0.15) is 20.8 Å². The Bertz CT molecular complexity index is 1140. The predicted octanol–water partition coefficient (Wildman–Crippen LogP) is 3.59. The molecule has 10 nitrogen and oxygen atoms in total. The molecule has 2 aromatic carbocycles. The van der Waals surface area contributed by atoms with Gasteiger partial charge in [-0.2, -0.15) is 4.39 Å². The number of piperazine rings is 1. The summed E-state index contributed by atoms with van der Waals surface area (Å²) in [7, 11) is -4.15. The summed E-state index contributed by atoms with van der Waals surface area (Å²) < 4.78 is 46.3. The first-order valence-electron chi connectivity index (χ1n) is 10.2. The highest BCUT2D eigenvalue weighted by atomic mass is 32.2. The van der Waals surface area contributed by atoms with Gasteiger partial charge in [-0.25, -0.2) is 13.2 Å². The van der Waals surface area contributed by atoms with E-state index in [1.54, 1.807) is 29.2 Å². The molecular formula is C21H25FN4O6S. The number of nitrogens with one attached hydrogen (secondary N) is 1. The van der Waals surface area contributed by atoms with Gasteiger partial charge in [-0.3, -0.25) is 14.8 Å². The summed E-state index contributed by atoms with van der Waals surface area (Å²) in [6.45, 7) is 7.60. The molecule has 0 atom stereocenters. The Hall–Kier alpha value is -3.41. The molecule has 33 heavy (non-hydrogen) atoms. The minimum absolute atomic E-state index is 0.248. The van der Waals surface area contributed by atoms with Crippen LogP contribution in [-0.4, -0.2) is 56.1 Å². The van der Waals surface area contributed by atoms with Crippen LogP contribution in [0.15, 0.2) is 47.4 Å². The Morgan fingerprint density at radius 2 is 1.70 bits per heavy atom. The molecule has 12 heteroatoms. The van der Waals surface area contributed by atoms with Gasteiger partial charge in [0.1, 0.15) is 5.60 Å². The van der Waals surface area contributed by atoms with E-state index in [0.717, 1.165) is 17.8 Å². The van der Waals surface area contributed by atoms with Crippen molar-refractivity contribution in [1.29, 1.82) is 0 Å². The molecule has 1 aliphatic rings. The Kier molecular flexibility index (Phi) is 6.77. The normalized spacial score (nSPS) is 14.7. The molecule has 1 saturated heterocycles. The Labute approximate surface area is 191 Å². The van der Waals surface area contributed by atoms with Crippen molar-refractivity contribution < 1.29 is 27.3 Å². The van der Waals surface area contributed by atoms with Crippen LogP contribution in [-0.2, 0) is 14.8 Å². The average molecular weight is 481 g/mol. The number of ether oxygens (including phenoxy) is 1. The summed E-state index contributed by atoms with van der Waals surface area (Å²) >= 11 is 0. The maximum absolute atomic E-state index is 13.5. The number of sulfonamides is 1. The number of nitro groups is 1. The zero-order valence-electron chi connectivity index (χ0n) is 18.4. The van der Waals surface area contributed by atoms with Gasteiger partial charge < -0.3 is 14.5 Å². The van der Waals surface area contributed by atoms with E-state index in [9.17, 15) is 27.7 Å². The highest BCUT2D eigenvalue weighted by molar-refractivity contribution is 7.92. The number of hydrogen-bond acceptors (Lipinski definition) is 7. The van der Waals surface area contributed by atoms with Crippen LogP contribution in [0.25, 0.3) is 0 Å². The summed E-state index contributed by atoms with van der Waals surface area (Å²) in [4.78, 5) is 25.4. The van der Waals surface area contributed by atoms with Crippen molar-refractivity contribution in [2.75, 3.05) is 35.8 Å². The van der Waals surface area contributed by atoms with E-state index < -0.39 is 36.9 Å². The minimum Gasteiger partial charge on any atom is -0.444 e. The van der Waals surface area contributed by atoms with Crippen LogP contribution < -0.4 is 9.62 Å². The zero-order valence-corrected chi connectivity index (χ0v) is 19.3. The number of carbonyl (C=O) groups excluding carboxylic acids is 1. The quantitative estimate of drug-likeness (QED) is 0.513. The highest BCUT2D eigenvalue weighted by Gasteiger charge is 2.26. The SMILES string of the molecule is CC(C)(C)OC(=O)N1CCN(c2ccc(NS(=O)(=O)c3ccc(F)c([N+](=O)[O-])c3)cc2)CC1. The summed E-state index contributed by atoms with van der Waals surface area (Å²) in [5, 5.41) is 10.9. The second-order valence-corrected chi connectivity index (χ2v) is 10.2. The van der Waals surface area contributed by atoms with Gasteiger partial charge in [0.05, 0.1) is 9.82 Å². The molecule has 2 aromatic rings. The Balaban J connectivity index is 1.64. The number of rotatable bonds is 5. The monoisotopic (exact) mass is 480 g/mol. The van der Waals surface area contributed by atoms with E-state index in [4.69, 9.17) is 4.74 Å².